The van der Waals surface area contributed by atoms with Gasteiger partial charge in [-0.05, 0) is 19.9 Å². The molecule has 0 saturated carbocycles. The molecule has 0 aliphatic carbocycles. The standard InChI is InChI=1S/C12H17N5OS/c1-3-14-12(18)11-9(13)4-10(19-11)17-7(2)8-5-15-16-6-8/h4-7,17H,3,13H2,1-2H3,(H,14,18)(H,15,16). The smallest absolute Gasteiger partial charge is 0.263 e. The first-order chi connectivity index (χ1) is 9.11. The number of H-pyrrole nitrogens is 1. The van der Waals surface area contributed by atoms with Gasteiger partial charge in [0.25, 0.3) is 5.91 Å². The Kier molecular flexibility index (Phi) is 4.06. The quantitative estimate of drug-likeness (QED) is 0.673. The molecule has 102 valence electrons. The summed E-state index contributed by atoms with van der Waals surface area (Å²) in [7, 11) is 0. The number of hydrogen-bond acceptors (Lipinski definition) is 5. The Bertz CT molecular complexity index is 548. The predicted molar refractivity (Wildman–Crippen MR) is 77.4 cm³/mol. The minimum absolute atomic E-state index is 0.0962. The van der Waals surface area contributed by atoms with Gasteiger partial charge in [0.05, 0.1) is 22.9 Å². The molecular formula is C12H17N5OS. The molecule has 19 heavy (non-hydrogen) atoms. The fourth-order valence-electron chi connectivity index (χ4n) is 1.69. The third-order valence-corrected chi connectivity index (χ3v) is 3.76. The van der Waals surface area contributed by atoms with E-state index in [0.29, 0.717) is 17.1 Å². The van der Waals surface area contributed by atoms with Gasteiger partial charge in [-0.1, -0.05) is 0 Å². The van der Waals surface area contributed by atoms with Crippen LogP contribution in [-0.4, -0.2) is 22.6 Å². The van der Waals surface area contributed by atoms with Crippen LogP contribution in [0.3, 0.4) is 0 Å². The number of carbonyl (C=O) groups is 1. The molecule has 0 bridgehead atoms. The summed E-state index contributed by atoms with van der Waals surface area (Å²) in [6.45, 7) is 4.48. The highest BCUT2D eigenvalue weighted by Gasteiger charge is 2.15. The van der Waals surface area contributed by atoms with Gasteiger partial charge in [-0.15, -0.1) is 11.3 Å². The molecule has 0 spiro atoms. The third kappa shape index (κ3) is 3.05. The van der Waals surface area contributed by atoms with Crippen LogP contribution in [0.2, 0.25) is 0 Å². The number of amides is 1. The molecule has 2 rings (SSSR count). The first kappa shape index (κ1) is 13.4. The summed E-state index contributed by atoms with van der Waals surface area (Å²) < 4.78 is 0. The van der Waals surface area contributed by atoms with Crippen LogP contribution < -0.4 is 16.4 Å². The predicted octanol–water partition coefficient (Wildman–Crippen LogP) is 1.98. The molecule has 0 saturated heterocycles. The van der Waals surface area contributed by atoms with Crippen LogP contribution in [0, 0.1) is 0 Å². The highest BCUT2D eigenvalue weighted by molar-refractivity contribution is 7.18. The molecule has 0 aliphatic rings. The molecule has 0 fully saturated rings. The number of anilines is 2. The van der Waals surface area contributed by atoms with E-state index < -0.39 is 0 Å². The number of thiophene rings is 1. The van der Waals surface area contributed by atoms with Crippen molar-refractivity contribution in [3.8, 4) is 0 Å². The molecule has 0 aromatic carbocycles. The summed E-state index contributed by atoms with van der Waals surface area (Å²) in [5.41, 5.74) is 7.40. The van der Waals surface area contributed by atoms with Crippen molar-refractivity contribution in [2.45, 2.75) is 19.9 Å². The van der Waals surface area contributed by atoms with Crippen LogP contribution in [0.4, 0.5) is 10.7 Å². The Balaban J connectivity index is 2.10. The fraction of sp³-hybridized carbons (Fsp3) is 0.333. The van der Waals surface area contributed by atoms with Gasteiger partial charge in [-0.25, -0.2) is 0 Å². The summed E-state index contributed by atoms with van der Waals surface area (Å²) in [4.78, 5) is 12.3. The molecule has 1 amide bonds. The molecule has 2 heterocycles. The zero-order valence-electron chi connectivity index (χ0n) is 10.9. The van der Waals surface area contributed by atoms with E-state index in [0.717, 1.165) is 10.6 Å². The summed E-state index contributed by atoms with van der Waals surface area (Å²) in [5, 5.41) is 13.6. The monoisotopic (exact) mass is 279 g/mol. The average molecular weight is 279 g/mol. The maximum atomic E-state index is 11.8. The molecule has 0 aliphatic heterocycles. The lowest BCUT2D eigenvalue weighted by molar-refractivity contribution is 0.0960. The van der Waals surface area contributed by atoms with E-state index in [-0.39, 0.29) is 11.9 Å². The van der Waals surface area contributed by atoms with Crippen molar-refractivity contribution >= 4 is 27.9 Å². The SMILES string of the molecule is CCNC(=O)c1sc(NC(C)c2cn[nH]c2)cc1N. The highest BCUT2D eigenvalue weighted by Crippen LogP contribution is 2.31. The Morgan fingerprint density at radius 3 is 3.05 bits per heavy atom. The molecule has 2 aromatic rings. The second-order valence-electron chi connectivity index (χ2n) is 4.15. The van der Waals surface area contributed by atoms with Crippen molar-refractivity contribution in [2.75, 3.05) is 17.6 Å². The largest absolute Gasteiger partial charge is 0.397 e. The van der Waals surface area contributed by atoms with E-state index in [1.54, 1.807) is 12.3 Å². The van der Waals surface area contributed by atoms with Gasteiger partial charge in [0.15, 0.2) is 0 Å². The highest BCUT2D eigenvalue weighted by atomic mass is 32.1. The normalized spacial score (nSPS) is 12.1. The van der Waals surface area contributed by atoms with Crippen molar-refractivity contribution in [1.82, 2.24) is 15.5 Å². The first-order valence-corrected chi connectivity index (χ1v) is 6.86. The van der Waals surface area contributed by atoms with Crippen LogP contribution in [0.5, 0.6) is 0 Å². The molecule has 5 N–H and O–H groups in total. The lowest BCUT2D eigenvalue weighted by Gasteiger charge is -2.10. The van der Waals surface area contributed by atoms with Crippen molar-refractivity contribution < 1.29 is 4.79 Å². The lowest BCUT2D eigenvalue weighted by Crippen LogP contribution is -2.22. The second kappa shape index (κ2) is 5.75. The fourth-order valence-corrected chi connectivity index (χ4v) is 2.67. The van der Waals surface area contributed by atoms with Crippen molar-refractivity contribution in [2.24, 2.45) is 0 Å². The first-order valence-electron chi connectivity index (χ1n) is 6.04. The summed E-state index contributed by atoms with van der Waals surface area (Å²) >= 11 is 1.35. The average Bonchev–Trinajstić information content (AvgIpc) is 2.99. The summed E-state index contributed by atoms with van der Waals surface area (Å²) in [6.07, 6.45) is 3.60. The minimum atomic E-state index is -0.131. The third-order valence-electron chi connectivity index (χ3n) is 2.68. The van der Waals surface area contributed by atoms with E-state index in [9.17, 15) is 4.79 Å². The van der Waals surface area contributed by atoms with Gasteiger partial charge in [-0.2, -0.15) is 5.10 Å². The molecule has 6 nitrogen and oxygen atoms in total. The molecule has 1 atom stereocenters. The van der Waals surface area contributed by atoms with E-state index in [1.807, 2.05) is 20.0 Å². The molecular weight excluding hydrogens is 262 g/mol. The maximum Gasteiger partial charge on any atom is 0.263 e. The van der Waals surface area contributed by atoms with Gasteiger partial charge in [0.1, 0.15) is 4.88 Å². The number of nitrogens with two attached hydrogens (primary N) is 1. The van der Waals surface area contributed by atoms with Crippen molar-refractivity contribution in [3.05, 3.63) is 28.9 Å². The number of nitrogens with one attached hydrogen (secondary N) is 3. The van der Waals surface area contributed by atoms with Crippen LogP contribution in [0.25, 0.3) is 0 Å². The number of carbonyl (C=O) groups excluding carboxylic acids is 1. The van der Waals surface area contributed by atoms with Gasteiger partial charge < -0.3 is 16.4 Å². The van der Waals surface area contributed by atoms with Crippen LogP contribution in [0.1, 0.15) is 35.1 Å². The van der Waals surface area contributed by atoms with E-state index in [2.05, 4.69) is 20.8 Å². The maximum absolute atomic E-state index is 11.8. The Morgan fingerprint density at radius 2 is 2.42 bits per heavy atom. The van der Waals surface area contributed by atoms with E-state index >= 15 is 0 Å². The summed E-state index contributed by atoms with van der Waals surface area (Å²) in [5.74, 6) is -0.131. The molecule has 2 aromatic heterocycles. The zero-order valence-corrected chi connectivity index (χ0v) is 11.7. The van der Waals surface area contributed by atoms with Crippen LogP contribution in [-0.2, 0) is 0 Å². The van der Waals surface area contributed by atoms with E-state index in [4.69, 9.17) is 5.73 Å². The molecule has 0 radical (unpaired) electrons. The second-order valence-corrected chi connectivity index (χ2v) is 5.20. The zero-order chi connectivity index (χ0) is 13.8. The van der Waals surface area contributed by atoms with Crippen molar-refractivity contribution in [1.29, 1.82) is 0 Å². The number of rotatable bonds is 5. The van der Waals surface area contributed by atoms with E-state index in [1.165, 1.54) is 11.3 Å². The Morgan fingerprint density at radius 1 is 1.63 bits per heavy atom. The number of nitrogens with zero attached hydrogens (tertiary/aromatic N) is 1. The summed E-state index contributed by atoms with van der Waals surface area (Å²) in [6, 6.07) is 1.88. The topological polar surface area (TPSA) is 95.8 Å². The van der Waals surface area contributed by atoms with Crippen LogP contribution in [0.15, 0.2) is 18.5 Å². The number of aromatic nitrogens is 2. The molecule has 1 unspecified atom stereocenters. The van der Waals surface area contributed by atoms with Gasteiger partial charge in [0.2, 0.25) is 0 Å². The molecule has 7 heteroatoms. The van der Waals surface area contributed by atoms with Crippen LogP contribution >= 0.6 is 11.3 Å². The number of aromatic amines is 1. The van der Waals surface area contributed by atoms with Gasteiger partial charge >= 0.3 is 0 Å². The van der Waals surface area contributed by atoms with Gasteiger partial charge in [-0.3, -0.25) is 9.89 Å². The number of hydrogen-bond donors (Lipinski definition) is 4. The van der Waals surface area contributed by atoms with Crippen molar-refractivity contribution in [3.63, 3.8) is 0 Å². The number of nitrogen functional groups attached to an aromatic ring is 1. The van der Waals surface area contributed by atoms with Gasteiger partial charge in [0, 0.05) is 18.3 Å². The minimum Gasteiger partial charge on any atom is -0.397 e. The Hall–Kier alpha value is -2.02. The lowest BCUT2D eigenvalue weighted by atomic mass is 10.2. The Labute approximate surface area is 115 Å².